The van der Waals surface area contributed by atoms with E-state index in [1.807, 2.05) is 54.6 Å². The van der Waals surface area contributed by atoms with Crippen LogP contribution in [0.5, 0.6) is 0 Å². The normalized spacial score (nSPS) is 16.3. The molecule has 1 aliphatic heterocycles. The lowest BCUT2D eigenvalue weighted by Crippen LogP contribution is -2.39. The molecular formula is C20H20N2O2. The van der Waals surface area contributed by atoms with Crippen molar-refractivity contribution in [3.8, 4) is 6.07 Å². The van der Waals surface area contributed by atoms with Crippen molar-refractivity contribution in [3.05, 3.63) is 71.3 Å². The quantitative estimate of drug-likeness (QED) is 0.794. The summed E-state index contributed by atoms with van der Waals surface area (Å²) in [6.07, 6.45) is 0.427. The van der Waals surface area contributed by atoms with Gasteiger partial charge in [0, 0.05) is 31.1 Å². The summed E-state index contributed by atoms with van der Waals surface area (Å²) < 4.78 is 5.44. The predicted octanol–water partition coefficient (Wildman–Crippen LogP) is 3.20. The molecule has 1 aliphatic rings. The first kappa shape index (κ1) is 16.4. The second-order valence-corrected chi connectivity index (χ2v) is 5.89. The number of rotatable bonds is 5. The number of benzene rings is 2. The van der Waals surface area contributed by atoms with Gasteiger partial charge in [0.2, 0.25) is 0 Å². The van der Waals surface area contributed by atoms with Crippen molar-refractivity contribution in [2.24, 2.45) is 0 Å². The van der Waals surface area contributed by atoms with E-state index in [2.05, 4.69) is 11.0 Å². The van der Waals surface area contributed by atoms with Crippen LogP contribution in [0, 0.1) is 11.3 Å². The Kier molecular flexibility index (Phi) is 5.37. The van der Waals surface area contributed by atoms with E-state index in [9.17, 15) is 4.79 Å². The molecule has 4 nitrogen and oxygen atoms in total. The Hall–Kier alpha value is -2.48. The summed E-state index contributed by atoms with van der Waals surface area (Å²) >= 11 is 0. The van der Waals surface area contributed by atoms with Gasteiger partial charge in [0.15, 0.2) is 5.78 Å². The van der Waals surface area contributed by atoms with Crippen LogP contribution >= 0.6 is 0 Å². The van der Waals surface area contributed by atoms with Crippen LogP contribution in [0.25, 0.3) is 0 Å². The van der Waals surface area contributed by atoms with Crippen molar-refractivity contribution in [1.29, 1.82) is 5.26 Å². The fraction of sp³-hybridized carbons (Fsp3) is 0.300. The maximum Gasteiger partial charge on any atom is 0.164 e. The number of hydrogen-bond acceptors (Lipinski definition) is 4. The van der Waals surface area contributed by atoms with Crippen LogP contribution in [-0.2, 0) is 4.74 Å². The SMILES string of the molecule is N#Cc1ccc(C(CC(=O)c2ccccc2)N2CCOCC2)cc1. The summed E-state index contributed by atoms with van der Waals surface area (Å²) in [6.45, 7) is 3.00. The molecule has 4 heteroatoms. The molecule has 2 aromatic carbocycles. The number of ether oxygens (including phenoxy) is 1. The Morgan fingerprint density at radius 3 is 2.38 bits per heavy atom. The molecule has 1 unspecified atom stereocenters. The molecule has 1 fully saturated rings. The van der Waals surface area contributed by atoms with Crippen LogP contribution in [-0.4, -0.2) is 37.0 Å². The molecule has 0 bridgehead atoms. The Morgan fingerprint density at radius 1 is 1.08 bits per heavy atom. The van der Waals surface area contributed by atoms with Crippen molar-refractivity contribution < 1.29 is 9.53 Å². The molecule has 0 saturated carbocycles. The van der Waals surface area contributed by atoms with E-state index < -0.39 is 0 Å². The van der Waals surface area contributed by atoms with Gasteiger partial charge in [-0.15, -0.1) is 0 Å². The predicted molar refractivity (Wildman–Crippen MR) is 91.7 cm³/mol. The second-order valence-electron chi connectivity index (χ2n) is 5.89. The molecule has 2 aromatic rings. The van der Waals surface area contributed by atoms with Crippen molar-refractivity contribution in [1.82, 2.24) is 4.90 Å². The van der Waals surface area contributed by atoms with Gasteiger partial charge >= 0.3 is 0 Å². The van der Waals surface area contributed by atoms with Gasteiger partial charge in [-0.3, -0.25) is 9.69 Å². The fourth-order valence-corrected chi connectivity index (χ4v) is 3.04. The largest absolute Gasteiger partial charge is 0.379 e. The standard InChI is InChI=1S/C20H20N2O2/c21-15-16-6-8-17(9-7-16)19(22-10-12-24-13-11-22)14-20(23)18-4-2-1-3-5-18/h1-9,19H,10-14H2. The highest BCUT2D eigenvalue weighted by Crippen LogP contribution is 2.27. The van der Waals surface area contributed by atoms with E-state index in [1.165, 1.54) is 0 Å². The number of hydrogen-bond donors (Lipinski definition) is 0. The van der Waals surface area contributed by atoms with Crippen molar-refractivity contribution in [2.45, 2.75) is 12.5 Å². The average molecular weight is 320 g/mol. The Morgan fingerprint density at radius 2 is 1.75 bits per heavy atom. The van der Waals surface area contributed by atoms with Crippen molar-refractivity contribution in [2.75, 3.05) is 26.3 Å². The van der Waals surface area contributed by atoms with Gasteiger partial charge in [0.1, 0.15) is 0 Å². The molecule has 0 amide bonds. The van der Waals surface area contributed by atoms with E-state index in [-0.39, 0.29) is 11.8 Å². The third-order valence-corrected chi connectivity index (χ3v) is 4.39. The third kappa shape index (κ3) is 3.88. The van der Waals surface area contributed by atoms with Gasteiger partial charge in [0.05, 0.1) is 24.8 Å². The first-order valence-corrected chi connectivity index (χ1v) is 8.18. The van der Waals surface area contributed by atoms with E-state index in [0.717, 1.165) is 24.2 Å². The van der Waals surface area contributed by atoms with Crippen LogP contribution in [0.1, 0.15) is 33.9 Å². The van der Waals surface area contributed by atoms with E-state index >= 15 is 0 Å². The number of carbonyl (C=O) groups is 1. The number of nitriles is 1. The molecule has 0 aliphatic carbocycles. The smallest absolute Gasteiger partial charge is 0.164 e. The van der Waals surface area contributed by atoms with Crippen LogP contribution in [0.4, 0.5) is 0 Å². The number of nitrogens with zero attached hydrogens (tertiary/aromatic N) is 2. The van der Waals surface area contributed by atoms with E-state index in [0.29, 0.717) is 25.2 Å². The minimum atomic E-state index is 0.00866. The zero-order valence-corrected chi connectivity index (χ0v) is 13.5. The van der Waals surface area contributed by atoms with Gasteiger partial charge in [-0.1, -0.05) is 42.5 Å². The average Bonchev–Trinajstić information content (AvgIpc) is 2.67. The number of Topliss-reactive ketones (excluding diaryl/α,β-unsaturated/α-hetero) is 1. The van der Waals surface area contributed by atoms with Crippen LogP contribution < -0.4 is 0 Å². The summed E-state index contributed by atoms with van der Waals surface area (Å²) in [4.78, 5) is 15.0. The van der Waals surface area contributed by atoms with Gasteiger partial charge in [-0.05, 0) is 17.7 Å². The molecule has 0 spiro atoms. The summed E-state index contributed by atoms with van der Waals surface area (Å²) in [6, 6.07) is 19.1. The highest BCUT2D eigenvalue weighted by atomic mass is 16.5. The molecular weight excluding hydrogens is 300 g/mol. The molecule has 24 heavy (non-hydrogen) atoms. The van der Waals surface area contributed by atoms with Crippen molar-refractivity contribution in [3.63, 3.8) is 0 Å². The Bertz CT molecular complexity index is 714. The van der Waals surface area contributed by atoms with Crippen LogP contribution in [0.3, 0.4) is 0 Å². The van der Waals surface area contributed by atoms with Gasteiger partial charge in [0.25, 0.3) is 0 Å². The first-order chi connectivity index (χ1) is 11.8. The molecule has 0 N–H and O–H groups in total. The molecule has 0 aromatic heterocycles. The topological polar surface area (TPSA) is 53.3 Å². The maximum atomic E-state index is 12.7. The Labute approximate surface area is 142 Å². The highest BCUT2D eigenvalue weighted by molar-refractivity contribution is 5.96. The molecule has 122 valence electrons. The zero-order chi connectivity index (χ0) is 16.8. The lowest BCUT2D eigenvalue weighted by molar-refractivity contribution is 0.0145. The lowest BCUT2D eigenvalue weighted by Gasteiger charge is -2.34. The number of carbonyl (C=O) groups excluding carboxylic acids is 1. The Balaban J connectivity index is 1.83. The second kappa shape index (κ2) is 7.87. The molecule has 0 radical (unpaired) electrons. The zero-order valence-electron chi connectivity index (χ0n) is 13.5. The molecule has 3 rings (SSSR count). The van der Waals surface area contributed by atoms with Gasteiger partial charge < -0.3 is 4.74 Å². The maximum absolute atomic E-state index is 12.7. The number of ketones is 1. The summed E-state index contributed by atoms with van der Waals surface area (Å²) in [5.41, 5.74) is 2.44. The molecule has 1 saturated heterocycles. The summed E-state index contributed by atoms with van der Waals surface area (Å²) in [5, 5.41) is 8.98. The summed E-state index contributed by atoms with van der Waals surface area (Å²) in [7, 11) is 0. The minimum absolute atomic E-state index is 0.00866. The molecule has 1 atom stereocenters. The lowest BCUT2D eigenvalue weighted by atomic mass is 9.95. The summed E-state index contributed by atoms with van der Waals surface area (Å²) in [5.74, 6) is 0.136. The van der Waals surface area contributed by atoms with E-state index in [4.69, 9.17) is 10.00 Å². The first-order valence-electron chi connectivity index (χ1n) is 8.18. The van der Waals surface area contributed by atoms with Gasteiger partial charge in [-0.2, -0.15) is 5.26 Å². The monoisotopic (exact) mass is 320 g/mol. The number of morpholine rings is 1. The third-order valence-electron chi connectivity index (χ3n) is 4.39. The van der Waals surface area contributed by atoms with Crippen molar-refractivity contribution >= 4 is 5.78 Å². The van der Waals surface area contributed by atoms with E-state index in [1.54, 1.807) is 0 Å². The van der Waals surface area contributed by atoms with Crippen LogP contribution in [0.2, 0.25) is 0 Å². The molecule has 1 heterocycles. The van der Waals surface area contributed by atoms with Gasteiger partial charge in [-0.25, -0.2) is 0 Å². The minimum Gasteiger partial charge on any atom is -0.379 e. The highest BCUT2D eigenvalue weighted by Gasteiger charge is 2.25. The fourth-order valence-electron chi connectivity index (χ4n) is 3.04. The van der Waals surface area contributed by atoms with Crippen LogP contribution in [0.15, 0.2) is 54.6 Å².